The maximum atomic E-state index is 12.0. The van der Waals surface area contributed by atoms with Gasteiger partial charge in [-0.05, 0) is 22.4 Å². The van der Waals surface area contributed by atoms with Crippen molar-refractivity contribution < 1.29 is 4.79 Å². The van der Waals surface area contributed by atoms with Gasteiger partial charge in [0.25, 0.3) is 0 Å². The zero-order chi connectivity index (χ0) is 16.1. The lowest BCUT2D eigenvalue weighted by Crippen LogP contribution is -2.38. The molecule has 1 N–H and O–H groups in total. The van der Waals surface area contributed by atoms with Gasteiger partial charge in [-0.25, -0.2) is 4.68 Å². The smallest absolute Gasteiger partial charge is 0.230 e. The van der Waals surface area contributed by atoms with Crippen molar-refractivity contribution in [3.8, 4) is 0 Å². The molecule has 0 radical (unpaired) electrons. The summed E-state index contributed by atoms with van der Waals surface area (Å²) < 4.78 is 1.56. The van der Waals surface area contributed by atoms with Crippen LogP contribution in [0.4, 0.5) is 0 Å². The Morgan fingerprint density at radius 3 is 2.96 bits per heavy atom. The zero-order valence-electron chi connectivity index (χ0n) is 13.1. The molecule has 2 heterocycles. The van der Waals surface area contributed by atoms with Crippen molar-refractivity contribution >= 4 is 17.7 Å². The molecule has 0 saturated carbocycles. The molecular weight excluding hydrogens is 312 g/mol. The average Bonchev–Trinajstić information content (AvgIpc) is 3.15. The van der Waals surface area contributed by atoms with Gasteiger partial charge in [0, 0.05) is 32.7 Å². The molecule has 2 aromatic rings. The van der Waals surface area contributed by atoms with E-state index < -0.39 is 0 Å². The summed E-state index contributed by atoms with van der Waals surface area (Å²) in [5.41, 5.74) is 1.31. The van der Waals surface area contributed by atoms with E-state index in [-0.39, 0.29) is 11.9 Å². The zero-order valence-corrected chi connectivity index (χ0v) is 13.9. The van der Waals surface area contributed by atoms with Crippen LogP contribution in [0.1, 0.15) is 12.0 Å². The highest BCUT2D eigenvalue weighted by atomic mass is 32.2. The van der Waals surface area contributed by atoms with Gasteiger partial charge in [-0.15, -0.1) is 5.10 Å². The SMILES string of the molecule is Cn1nnnc1SCC(=O)N[C@@H]1CCN(Cc2ccccc2)C1. The van der Waals surface area contributed by atoms with E-state index in [2.05, 4.69) is 50.0 Å². The molecule has 1 saturated heterocycles. The molecule has 7 nitrogen and oxygen atoms in total. The lowest BCUT2D eigenvalue weighted by Gasteiger charge is -2.16. The van der Waals surface area contributed by atoms with Crippen LogP contribution >= 0.6 is 11.8 Å². The van der Waals surface area contributed by atoms with Crippen LogP contribution in [0, 0.1) is 0 Å². The van der Waals surface area contributed by atoms with E-state index in [1.807, 2.05) is 6.07 Å². The van der Waals surface area contributed by atoms with Gasteiger partial charge >= 0.3 is 0 Å². The third-order valence-electron chi connectivity index (χ3n) is 3.80. The van der Waals surface area contributed by atoms with Gasteiger partial charge in [0.05, 0.1) is 5.75 Å². The molecule has 1 atom stereocenters. The van der Waals surface area contributed by atoms with Gasteiger partial charge in [0.2, 0.25) is 11.1 Å². The Balaban J connectivity index is 1.41. The van der Waals surface area contributed by atoms with E-state index in [1.165, 1.54) is 17.3 Å². The highest BCUT2D eigenvalue weighted by Crippen LogP contribution is 2.15. The summed E-state index contributed by atoms with van der Waals surface area (Å²) in [6.45, 7) is 2.85. The molecule has 3 rings (SSSR count). The number of carbonyl (C=O) groups excluding carboxylic acids is 1. The van der Waals surface area contributed by atoms with Gasteiger partial charge in [-0.2, -0.15) is 0 Å². The number of tetrazole rings is 1. The lowest BCUT2D eigenvalue weighted by molar-refractivity contribution is -0.119. The third kappa shape index (κ3) is 4.52. The minimum Gasteiger partial charge on any atom is -0.351 e. The Morgan fingerprint density at radius 2 is 2.22 bits per heavy atom. The van der Waals surface area contributed by atoms with Crippen molar-refractivity contribution in [2.45, 2.75) is 24.2 Å². The fourth-order valence-electron chi connectivity index (χ4n) is 2.68. The molecule has 1 aliphatic heterocycles. The van der Waals surface area contributed by atoms with Crippen LogP contribution in [0.2, 0.25) is 0 Å². The topological polar surface area (TPSA) is 75.9 Å². The van der Waals surface area contributed by atoms with Gasteiger partial charge in [0.15, 0.2) is 0 Å². The minimum absolute atomic E-state index is 0.0320. The Bertz CT molecular complexity index is 646. The molecule has 1 aromatic heterocycles. The number of aromatic nitrogens is 4. The number of carbonyl (C=O) groups is 1. The number of nitrogens with one attached hydrogen (secondary N) is 1. The number of benzene rings is 1. The largest absolute Gasteiger partial charge is 0.351 e. The van der Waals surface area contributed by atoms with Crippen molar-refractivity contribution in [3.63, 3.8) is 0 Å². The third-order valence-corrected chi connectivity index (χ3v) is 4.81. The van der Waals surface area contributed by atoms with Crippen molar-refractivity contribution in [1.29, 1.82) is 0 Å². The van der Waals surface area contributed by atoms with E-state index >= 15 is 0 Å². The maximum absolute atomic E-state index is 12.0. The van der Waals surface area contributed by atoms with E-state index in [0.717, 1.165) is 26.1 Å². The Morgan fingerprint density at radius 1 is 1.39 bits per heavy atom. The standard InChI is InChI=1S/C15H20N6OS/c1-20-15(17-18-19-20)23-11-14(22)16-13-7-8-21(10-13)9-12-5-3-2-4-6-12/h2-6,13H,7-11H2,1H3,(H,16,22)/t13-/m1/s1. The average molecular weight is 332 g/mol. The van der Waals surface area contributed by atoms with Crippen LogP contribution in [0.3, 0.4) is 0 Å². The van der Waals surface area contributed by atoms with E-state index in [4.69, 9.17) is 0 Å². The highest BCUT2D eigenvalue weighted by Gasteiger charge is 2.23. The molecule has 8 heteroatoms. The molecule has 122 valence electrons. The second-order valence-electron chi connectivity index (χ2n) is 5.65. The predicted octanol–water partition coefficient (Wildman–Crippen LogP) is 0.693. The van der Waals surface area contributed by atoms with Crippen molar-refractivity contribution in [2.24, 2.45) is 7.05 Å². The fourth-order valence-corrected chi connectivity index (χ4v) is 3.34. The van der Waals surface area contributed by atoms with Crippen LogP contribution in [0.25, 0.3) is 0 Å². The summed E-state index contributed by atoms with van der Waals surface area (Å²) in [5.74, 6) is 0.369. The number of likely N-dealkylation sites (tertiary alicyclic amines) is 1. The molecule has 1 aliphatic rings. The van der Waals surface area contributed by atoms with Crippen molar-refractivity contribution in [2.75, 3.05) is 18.8 Å². The quantitative estimate of drug-likeness (QED) is 0.785. The first kappa shape index (κ1) is 15.9. The van der Waals surface area contributed by atoms with Crippen LogP contribution in [-0.2, 0) is 18.4 Å². The Labute approximate surface area is 139 Å². The van der Waals surface area contributed by atoms with Crippen LogP contribution in [0.5, 0.6) is 0 Å². The molecule has 1 aromatic carbocycles. The second-order valence-corrected chi connectivity index (χ2v) is 6.59. The molecular formula is C15H20N6OS. The van der Waals surface area contributed by atoms with Gasteiger partial charge in [-0.1, -0.05) is 42.1 Å². The van der Waals surface area contributed by atoms with E-state index in [1.54, 1.807) is 11.7 Å². The van der Waals surface area contributed by atoms with Gasteiger partial charge in [0.1, 0.15) is 0 Å². The summed E-state index contributed by atoms with van der Waals surface area (Å²) >= 11 is 1.35. The predicted molar refractivity (Wildman–Crippen MR) is 87.8 cm³/mol. The normalized spacial score (nSPS) is 18.2. The second kappa shape index (κ2) is 7.56. The number of rotatable bonds is 6. The summed E-state index contributed by atoms with van der Waals surface area (Å²) in [6, 6.07) is 10.6. The molecule has 23 heavy (non-hydrogen) atoms. The van der Waals surface area contributed by atoms with Gasteiger partial charge < -0.3 is 5.32 Å². The van der Waals surface area contributed by atoms with Gasteiger partial charge in [-0.3, -0.25) is 9.69 Å². The molecule has 1 amide bonds. The monoisotopic (exact) mass is 332 g/mol. The van der Waals surface area contributed by atoms with E-state index in [9.17, 15) is 4.79 Å². The highest BCUT2D eigenvalue weighted by molar-refractivity contribution is 7.99. The van der Waals surface area contributed by atoms with Crippen molar-refractivity contribution in [3.05, 3.63) is 35.9 Å². The summed E-state index contributed by atoms with van der Waals surface area (Å²) in [7, 11) is 1.76. The number of amides is 1. The molecule has 0 unspecified atom stereocenters. The Kier molecular flexibility index (Phi) is 5.24. The molecule has 0 bridgehead atoms. The van der Waals surface area contributed by atoms with Crippen LogP contribution in [-0.4, -0.2) is 55.9 Å². The number of hydrogen-bond donors (Lipinski definition) is 1. The molecule has 0 spiro atoms. The van der Waals surface area contributed by atoms with E-state index in [0.29, 0.717) is 10.9 Å². The Hall–Kier alpha value is -1.93. The first-order chi connectivity index (χ1) is 11.2. The minimum atomic E-state index is 0.0320. The lowest BCUT2D eigenvalue weighted by atomic mass is 10.2. The van der Waals surface area contributed by atoms with Crippen molar-refractivity contribution in [1.82, 2.24) is 30.4 Å². The first-order valence-electron chi connectivity index (χ1n) is 7.61. The first-order valence-corrected chi connectivity index (χ1v) is 8.60. The van der Waals surface area contributed by atoms with Crippen LogP contribution in [0.15, 0.2) is 35.5 Å². The summed E-state index contributed by atoms with van der Waals surface area (Å²) in [4.78, 5) is 14.4. The molecule has 0 aliphatic carbocycles. The number of thioether (sulfide) groups is 1. The number of aryl methyl sites for hydroxylation is 1. The maximum Gasteiger partial charge on any atom is 0.230 e. The summed E-state index contributed by atoms with van der Waals surface area (Å²) in [6.07, 6.45) is 0.995. The summed E-state index contributed by atoms with van der Waals surface area (Å²) in [5, 5.41) is 14.9. The number of nitrogens with zero attached hydrogens (tertiary/aromatic N) is 5. The van der Waals surface area contributed by atoms with Crippen LogP contribution < -0.4 is 5.32 Å². The fraction of sp³-hybridized carbons (Fsp3) is 0.467. The number of hydrogen-bond acceptors (Lipinski definition) is 6. The molecule has 1 fully saturated rings.